The van der Waals surface area contributed by atoms with Gasteiger partial charge >= 0.3 is 5.97 Å². The number of benzene rings is 1. The normalized spacial score (nSPS) is 11.6. The van der Waals surface area contributed by atoms with Gasteiger partial charge in [0, 0.05) is 22.3 Å². The molecule has 0 bridgehead atoms. The quantitative estimate of drug-likeness (QED) is 0.789. The first-order valence-electron chi connectivity index (χ1n) is 7.20. The summed E-state index contributed by atoms with van der Waals surface area (Å²) in [5, 5.41) is 11.5. The zero-order chi connectivity index (χ0) is 15.1. The van der Waals surface area contributed by atoms with Crippen molar-refractivity contribution in [2.75, 3.05) is 0 Å². The average Bonchev–Trinajstić information content (AvgIpc) is 2.80. The van der Waals surface area contributed by atoms with Gasteiger partial charge in [0.15, 0.2) is 5.69 Å². The summed E-state index contributed by atoms with van der Waals surface area (Å²) in [6, 6.07) is 8.43. The van der Waals surface area contributed by atoms with Crippen molar-refractivity contribution in [3.8, 4) is 0 Å². The van der Waals surface area contributed by atoms with E-state index in [1.807, 2.05) is 19.1 Å². The van der Waals surface area contributed by atoms with Crippen molar-refractivity contribution in [2.24, 2.45) is 0 Å². The van der Waals surface area contributed by atoms with Gasteiger partial charge in [0.05, 0.1) is 11.7 Å². The number of aryl methyl sites for hydroxylation is 1. The smallest absolute Gasteiger partial charge is 0.354 e. The van der Waals surface area contributed by atoms with E-state index in [9.17, 15) is 9.90 Å². The molecule has 4 nitrogen and oxygen atoms in total. The fraction of sp³-hybridized carbons (Fsp3) is 0.294. The van der Waals surface area contributed by atoms with Gasteiger partial charge in [0.2, 0.25) is 0 Å². The number of hydrogen-bond acceptors (Lipinski definition) is 2. The molecule has 0 spiro atoms. The molecule has 0 radical (unpaired) electrons. The van der Waals surface area contributed by atoms with Crippen LogP contribution in [0.15, 0.2) is 30.5 Å². The number of fused-ring (bicyclic) bond motifs is 3. The van der Waals surface area contributed by atoms with Gasteiger partial charge in [-0.3, -0.25) is 0 Å². The van der Waals surface area contributed by atoms with Crippen molar-refractivity contribution in [1.82, 2.24) is 9.55 Å². The topological polar surface area (TPSA) is 55.1 Å². The molecule has 0 saturated carbocycles. The number of aromatic carboxylic acids is 1. The molecule has 2 aromatic heterocycles. The zero-order valence-corrected chi connectivity index (χ0v) is 12.4. The summed E-state index contributed by atoms with van der Waals surface area (Å²) in [5.74, 6) is -0.963. The molecule has 21 heavy (non-hydrogen) atoms. The first kappa shape index (κ1) is 13.6. The second-order valence-electron chi connectivity index (χ2n) is 5.49. The molecular weight excluding hydrogens is 264 g/mol. The van der Waals surface area contributed by atoms with E-state index in [0.29, 0.717) is 6.42 Å². The molecule has 4 heteroatoms. The van der Waals surface area contributed by atoms with Crippen molar-refractivity contribution in [3.63, 3.8) is 0 Å². The second-order valence-corrected chi connectivity index (χ2v) is 5.49. The van der Waals surface area contributed by atoms with E-state index in [4.69, 9.17) is 0 Å². The Labute approximate surface area is 123 Å². The maximum atomic E-state index is 11.4. The number of carbonyl (C=O) groups is 1. The molecule has 0 atom stereocenters. The Balaban J connectivity index is 2.57. The lowest BCUT2D eigenvalue weighted by Gasteiger charge is -2.12. The summed E-state index contributed by atoms with van der Waals surface area (Å²) in [7, 11) is 0. The van der Waals surface area contributed by atoms with Crippen molar-refractivity contribution in [2.45, 2.75) is 33.2 Å². The van der Waals surface area contributed by atoms with Gasteiger partial charge < -0.3 is 9.67 Å². The van der Waals surface area contributed by atoms with Crippen LogP contribution >= 0.6 is 0 Å². The Morgan fingerprint density at radius 1 is 1.29 bits per heavy atom. The Morgan fingerprint density at radius 2 is 2.00 bits per heavy atom. The number of carboxylic acid groups (broad SMARTS) is 1. The fourth-order valence-corrected chi connectivity index (χ4v) is 3.13. The number of aromatic nitrogens is 2. The van der Waals surface area contributed by atoms with Crippen LogP contribution in [0.25, 0.3) is 21.8 Å². The van der Waals surface area contributed by atoms with Crippen LogP contribution in [0.5, 0.6) is 0 Å². The Hall–Kier alpha value is -2.36. The largest absolute Gasteiger partial charge is 0.477 e. The van der Waals surface area contributed by atoms with Crippen LogP contribution in [0, 0.1) is 0 Å². The van der Waals surface area contributed by atoms with Gasteiger partial charge in [-0.1, -0.05) is 25.1 Å². The highest BCUT2D eigenvalue weighted by Gasteiger charge is 2.20. The number of rotatable bonds is 3. The minimum Gasteiger partial charge on any atom is -0.477 e. The zero-order valence-electron chi connectivity index (χ0n) is 12.4. The highest BCUT2D eigenvalue weighted by atomic mass is 16.4. The molecule has 0 aliphatic heterocycles. The summed E-state index contributed by atoms with van der Waals surface area (Å²) >= 11 is 0. The summed E-state index contributed by atoms with van der Waals surface area (Å²) in [5.41, 5.74) is 3.11. The van der Waals surface area contributed by atoms with Crippen LogP contribution in [0.3, 0.4) is 0 Å². The molecule has 0 aliphatic carbocycles. The van der Waals surface area contributed by atoms with Gasteiger partial charge in [-0.15, -0.1) is 0 Å². The summed E-state index contributed by atoms with van der Waals surface area (Å²) < 4.78 is 2.22. The average molecular weight is 282 g/mol. The van der Waals surface area contributed by atoms with Crippen molar-refractivity contribution in [3.05, 3.63) is 41.7 Å². The molecule has 0 unspecified atom stereocenters. The first-order valence-corrected chi connectivity index (χ1v) is 7.20. The third-order valence-corrected chi connectivity index (χ3v) is 3.92. The number of para-hydroxylation sites is 1. The van der Waals surface area contributed by atoms with E-state index in [2.05, 4.69) is 35.5 Å². The third kappa shape index (κ3) is 1.90. The minimum atomic E-state index is -0.963. The van der Waals surface area contributed by atoms with Gasteiger partial charge in [0.1, 0.15) is 0 Å². The predicted molar refractivity (Wildman–Crippen MR) is 84.0 cm³/mol. The van der Waals surface area contributed by atoms with E-state index in [0.717, 1.165) is 27.4 Å². The van der Waals surface area contributed by atoms with Crippen LogP contribution in [0.1, 0.15) is 42.9 Å². The number of nitrogens with zero attached hydrogens (tertiary/aromatic N) is 2. The van der Waals surface area contributed by atoms with Crippen LogP contribution < -0.4 is 0 Å². The number of carboxylic acids is 1. The van der Waals surface area contributed by atoms with Gasteiger partial charge in [0.25, 0.3) is 0 Å². The molecule has 3 aromatic rings. The maximum Gasteiger partial charge on any atom is 0.354 e. The number of pyridine rings is 1. The summed E-state index contributed by atoms with van der Waals surface area (Å²) in [6.07, 6.45) is 2.34. The van der Waals surface area contributed by atoms with Crippen LogP contribution in [0.2, 0.25) is 0 Å². The van der Waals surface area contributed by atoms with E-state index >= 15 is 0 Å². The molecular formula is C17H18N2O2. The predicted octanol–water partition coefficient (Wildman–Crippen LogP) is 4.03. The summed E-state index contributed by atoms with van der Waals surface area (Å²) in [6.45, 7) is 6.23. The SMILES string of the molecule is CCc1c(C(=O)O)ncc2c1c1ccccc1n2C(C)C. The van der Waals surface area contributed by atoms with E-state index in [1.165, 1.54) is 0 Å². The molecule has 0 amide bonds. The highest BCUT2D eigenvalue weighted by molar-refractivity contribution is 6.11. The lowest BCUT2D eigenvalue weighted by molar-refractivity contribution is 0.0689. The maximum absolute atomic E-state index is 11.4. The number of hydrogen-bond donors (Lipinski definition) is 1. The molecule has 0 saturated heterocycles. The molecule has 1 aromatic carbocycles. The van der Waals surface area contributed by atoms with E-state index in [-0.39, 0.29) is 11.7 Å². The van der Waals surface area contributed by atoms with E-state index < -0.39 is 5.97 Å². The molecule has 0 fully saturated rings. The Morgan fingerprint density at radius 3 is 2.62 bits per heavy atom. The molecule has 108 valence electrons. The minimum absolute atomic E-state index is 0.164. The van der Waals surface area contributed by atoms with Gasteiger partial charge in [-0.2, -0.15) is 0 Å². The molecule has 1 N–H and O–H groups in total. The molecule has 0 aliphatic rings. The molecule has 2 heterocycles. The van der Waals surface area contributed by atoms with Gasteiger partial charge in [-0.05, 0) is 31.9 Å². The van der Waals surface area contributed by atoms with Crippen molar-refractivity contribution in [1.29, 1.82) is 0 Å². The van der Waals surface area contributed by atoms with Crippen LogP contribution in [0.4, 0.5) is 0 Å². The summed E-state index contributed by atoms with van der Waals surface area (Å²) in [4.78, 5) is 15.6. The highest BCUT2D eigenvalue weighted by Crippen LogP contribution is 2.34. The Kier molecular flexibility index (Phi) is 3.16. The lowest BCUT2D eigenvalue weighted by Crippen LogP contribution is -2.07. The van der Waals surface area contributed by atoms with Crippen molar-refractivity contribution >= 4 is 27.8 Å². The van der Waals surface area contributed by atoms with Gasteiger partial charge in [-0.25, -0.2) is 9.78 Å². The van der Waals surface area contributed by atoms with Crippen molar-refractivity contribution < 1.29 is 9.90 Å². The third-order valence-electron chi connectivity index (χ3n) is 3.92. The first-order chi connectivity index (χ1) is 10.1. The molecule has 3 rings (SSSR count). The fourth-order valence-electron chi connectivity index (χ4n) is 3.13. The monoisotopic (exact) mass is 282 g/mol. The van der Waals surface area contributed by atoms with Crippen LogP contribution in [-0.4, -0.2) is 20.6 Å². The van der Waals surface area contributed by atoms with Crippen LogP contribution in [-0.2, 0) is 6.42 Å². The standard InChI is InChI=1S/C17H18N2O2/c1-4-11-15-12-7-5-6-8-13(12)19(10(2)3)14(15)9-18-16(11)17(20)21/h5-10H,4H2,1-3H3,(H,20,21). The second kappa shape index (κ2) is 4.88. The lowest BCUT2D eigenvalue weighted by atomic mass is 10.0. The Bertz CT molecular complexity index is 847. The van der Waals surface area contributed by atoms with E-state index in [1.54, 1.807) is 6.20 Å².